The SMILES string of the molecule is CC(C)c1cccc(C2([C@H](C)O)CC2)c1. The van der Waals surface area contributed by atoms with E-state index in [1.807, 2.05) is 6.92 Å². The van der Waals surface area contributed by atoms with Crippen LogP contribution in [-0.2, 0) is 5.41 Å². The number of rotatable bonds is 3. The Kier molecular flexibility index (Phi) is 2.59. The van der Waals surface area contributed by atoms with E-state index in [4.69, 9.17) is 0 Å². The van der Waals surface area contributed by atoms with Crippen molar-refractivity contribution in [2.24, 2.45) is 0 Å². The summed E-state index contributed by atoms with van der Waals surface area (Å²) in [6.45, 7) is 6.33. The lowest BCUT2D eigenvalue weighted by Gasteiger charge is -2.20. The van der Waals surface area contributed by atoms with Gasteiger partial charge in [0.1, 0.15) is 0 Å². The molecular weight excluding hydrogens is 184 g/mol. The van der Waals surface area contributed by atoms with E-state index in [0.29, 0.717) is 5.92 Å². The molecule has 1 aliphatic rings. The standard InChI is InChI=1S/C14H20O/c1-10(2)12-5-4-6-13(9-12)14(7-8-14)11(3)15/h4-6,9-11,15H,7-8H2,1-3H3/t11-/m0/s1. The highest BCUT2D eigenvalue weighted by Gasteiger charge is 2.48. The minimum Gasteiger partial charge on any atom is -0.392 e. The Hall–Kier alpha value is -0.820. The number of aliphatic hydroxyl groups is 1. The first-order valence-electron chi connectivity index (χ1n) is 5.85. The fourth-order valence-electron chi connectivity index (χ4n) is 2.29. The molecular formula is C14H20O. The van der Waals surface area contributed by atoms with Crippen LogP contribution in [0.1, 0.15) is 50.7 Å². The predicted octanol–water partition coefficient (Wildman–Crippen LogP) is 3.22. The van der Waals surface area contributed by atoms with Crippen LogP contribution in [0.4, 0.5) is 0 Å². The molecule has 0 spiro atoms. The molecule has 1 fully saturated rings. The average molecular weight is 204 g/mol. The summed E-state index contributed by atoms with van der Waals surface area (Å²) in [5, 5.41) is 9.83. The second kappa shape index (κ2) is 3.64. The molecule has 1 heteroatoms. The lowest BCUT2D eigenvalue weighted by Crippen LogP contribution is -2.22. The summed E-state index contributed by atoms with van der Waals surface area (Å²) in [7, 11) is 0. The maximum atomic E-state index is 9.83. The minimum absolute atomic E-state index is 0.0743. The summed E-state index contributed by atoms with van der Waals surface area (Å²) in [6, 6.07) is 8.72. The molecule has 82 valence electrons. The van der Waals surface area contributed by atoms with Gasteiger partial charge in [-0.1, -0.05) is 38.1 Å². The summed E-state index contributed by atoms with van der Waals surface area (Å²) in [6.07, 6.45) is 2.04. The molecule has 0 saturated heterocycles. The van der Waals surface area contributed by atoms with Crippen molar-refractivity contribution in [3.05, 3.63) is 35.4 Å². The average Bonchev–Trinajstić information content (AvgIpc) is 2.98. The Labute approximate surface area is 92.1 Å². The Balaban J connectivity index is 2.33. The van der Waals surface area contributed by atoms with Gasteiger partial charge in [0.15, 0.2) is 0 Å². The first-order valence-corrected chi connectivity index (χ1v) is 5.85. The van der Waals surface area contributed by atoms with Crippen LogP contribution in [-0.4, -0.2) is 11.2 Å². The molecule has 2 rings (SSSR count). The van der Waals surface area contributed by atoms with Crippen molar-refractivity contribution in [1.29, 1.82) is 0 Å². The minimum atomic E-state index is -0.222. The third-order valence-corrected chi connectivity index (χ3v) is 3.72. The van der Waals surface area contributed by atoms with Gasteiger partial charge < -0.3 is 5.11 Å². The van der Waals surface area contributed by atoms with Gasteiger partial charge in [-0.05, 0) is 36.8 Å². The fraction of sp³-hybridized carbons (Fsp3) is 0.571. The van der Waals surface area contributed by atoms with Gasteiger partial charge in [0.05, 0.1) is 6.10 Å². The largest absolute Gasteiger partial charge is 0.392 e. The van der Waals surface area contributed by atoms with Gasteiger partial charge in [-0.15, -0.1) is 0 Å². The lowest BCUT2D eigenvalue weighted by molar-refractivity contribution is 0.150. The molecule has 1 aliphatic carbocycles. The molecule has 1 saturated carbocycles. The number of hydrogen-bond donors (Lipinski definition) is 1. The van der Waals surface area contributed by atoms with Crippen molar-refractivity contribution >= 4 is 0 Å². The summed E-state index contributed by atoms with van der Waals surface area (Å²) in [5.41, 5.74) is 2.77. The third-order valence-electron chi connectivity index (χ3n) is 3.72. The van der Waals surface area contributed by atoms with E-state index in [1.165, 1.54) is 11.1 Å². The van der Waals surface area contributed by atoms with E-state index >= 15 is 0 Å². The van der Waals surface area contributed by atoms with E-state index in [-0.39, 0.29) is 11.5 Å². The molecule has 15 heavy (non-hydrogen) atoms. The lowest BCUT2D eigenvalue weighted by atomic mass is 9.88. The Morgan fingerprint density at radius 3 is 2.33 bits per heavy atom. The first kappa shape index (κ1) is 10.7. The van der Waals surface area contributed by atoms with Crippen LogP contribution in [0.5, 0.6) is 0 Å². The van der Waals surface area contributed by atoms with Crippen molar-refractivity contribution in [2.75, 3.05) is 0 Å². The van der Waals surface area contributed by atoms with Gasteiger partial charge in [-0.2, -0.15) is 0 Å². The second-order valence-electron chi connectivity index (χ2n) is 5.11. The molecule has 0 radical (unpaired) electrons. The fourth-order valence-corrected chi connectivity index (χ4v) is 2.29. The predicted molar refractivity (Wildman–Crippen MR) is 63.1 cm³/mol. The number of aliphatic hydroxyl groups excluding tert-OH is 1. The van der Waals surface area contributed by atoms with Crippen LogP contribution >= 0.6 is 0 Å². The van der Waals surface area contributed by atoms with Crippen LogP contribution < -0.4 is 0 Å². The number of hydrogen-bond acceptors (Lipinski definition) is 1. The van der Waals surface area contributed by atoms with Crippen LogP contribution in [0.2, 0.25) is 0 Å². The maximum Gasteiger partial charge on any atom is 0.0608 e. The van der Waals surface area contributed by atoms with Crippen molar-refractivity contribution in [3.8, 4) is 0 Å². The van der Waals surface area contributed by atoms with Gasteiger partial charge in [0.2, 0.25) is 0 Å². The zero-order valence-electron chi connectivity index (χ0n) is 9.83. The molecule has 1 aromatic rings. The third kappa shape index (κ3) is 1.81. The van der Waals surface area contributed by atoms with Gasteiger partial charge in [0.25, 0.3) is 0 Å². The van der Waals surface area contributed by atoms with Crippen molar-refractivity contribution in [1.82, 2.24) is 0 Å². The normalized spacial score (nSPS) is 20.3. The monoisotopic (exact) mass is 204 g/mol. The zero-order chi connectivity index (χ0) is 11.1. The Morgan fingerprint density at radius 1 is 1.20 bits per heavy atom. The first-order chi connectivity index (χ1) is 7.06. The highest BCUT2D eigenvalue weighted by molar-refractivity contribution is 5.36. The van der Waals surface area contributed by atoms with Crippen molar-refractivity contribution in [2.45, 2.75) is 51.0 Å². The van der Waals surface area contributed by atoms with Gasteiger partial charge in [0, 0.05) is 5.41 Å². The van der Waals surface area contributed by atoms with Gasteiger partial charge >= 0.3 is 0 Å². The molecule has 1 aromatic carbocycles. The molecule has 1 N–H and O–H groups in total. The Bertz CT molecular complexity index is 348. The molecule has 0 bridgehead atoms. The quantitative estimate of drug-likeness (QED) is 0.801. The second-order valence-corrected chi connectivity index (χ2v) is 5.11. The summed E-state index contributed by atoms with van der Waals surface area (Å²) in [4.78, 5) is 0. The Morgan fingerprint density at radius 2 is 1.87 bits per heavy atom. The van der Waals surface area contributed by atoms with Crippen molar-refractivity contribution < 1.29 is 5.11 Å². The van der Waals surface area contributed by atoms with Gasteiger partial charge in [-0.25, -0.2) is 0 Å². The molecule has 1 atom stereocenters. The van der Waals surface area contributed by atoms with E-state index in [1.54, 1.807) is 0 Å². The van der Waals surface area contributed by atoms with Crippen LogP contribution in [0.3, 0.4) is 0 Å². The molecule has 0 heterocycles. The smallest absolute Gasteiger partial charge is 0.0608 e. The van der Waals surface area contributed by atoms with Crippen LogP contribution in [0, 0.1) is 0 Å². The van der Waals surface area contributed by atoms with Crippen molar-refractivity contribution in [3.63, 3.8) is 0 Å². The molecule has 0 amide bonds. The zero-order valence-corrected chi connectivity index (χ0v) is 9.83. The van der Waals surface area contributed by atoms with Crippen LogP contribution in [0.25, 0.3) is 0 Å². The molecule has 1 nitrogen and oxygen atoms in total. The molecule has 0 aliphatic heterocycles. The maximum absolute atomic E-state index is 9.83. The number of benzene rings is 1. The topological polar surface area (TPSA) is 20.2 Å². The highest BCUT2D eigenvalue weighted by Crippen LogP contribution is 2.51. The van der Waals surface area contributed by atoms with Gasteiger partial charge in [-0.3, -0.25) is 0 Å². The molecule has 0 aromatic heterocycles. The van der Waals surface area contributed by atoms with E-state index < -0.39 is 0 Å². The van der Waals surface area contributed by atoms with E-state index in [9.17, 15) is 5.11 Å². The summed E-state index contributed by atoms with van der Waals surface area (Å²) < 4.78 is 0. The van der Waals surface area contributed by atoms with Crippen LogP contribution in [0.15, 0.2) is 24.3 Å². The van der Waals surface area contributed by atoms with E-state index in [0.717, 1.165) is 12.8 Å². The summed E-state index contributed by atoms with van der Waals surface area (Å²) >= 11 is 0. The highest BCUT2D eigenvalue weighted by atomic mass is 16.3. The molecule has 0 unspecified atom stereocenters. The van der Waals surface area contributed by atoms with E-state index in [2.05, 4.69) is 38.1 Å². The summed E-state index contributed by atoms with van der Waals surface area (Å²) in [5.74, 6) is 0.565.